The van der Waals surface area contributed by atoms with Gasteiger partial charge in [-0.15, -0.1) is 0 Å². The molecule has 2 rings (SSSR count). The number of hydrogen-bond donors (Lipinski definition) is 2. The molecule has 0 saturated heterocycles. The molecule has 1 aromatic carbocycles. The lowest BCUT2D eigenvalue weighted by atomic mass is 10.2. The molecule has 0 amide bonds. The number of benzene rings is 1. The van der Waals surface area contributed by atoms with Gasteiger partial charge in [0.1, 0.15) is 0 Å². The minimum absolute atomic E-state index is 0.520. The first-order valence-corrected chi connectivity index (χ1v) is 7.83. The lowest BCUT2D eigenvalue weighted by Crippen LogP contribution is -2.11. The van der Waals surface area contributed by atoms with Gasteiger partial charge in [-0.05, 0) is 12.1 Å². The third-order valence-electron chi connectivity index (χ3n) is 2.55. The molecule has 0 aliphatic rings. The van der Waals surface area contributed by atoms with Crippen molar-refractivity contribution in [3.8, 4) is 0 Å². The van der Waals surface area contributed by atoms with E-state index < -0.39 is 10.0 Å². The van der Waals surface area contributed by atoms with Crippen molar-refractivity contribution in [2.24, 2.45) is 0 Å². The number of anilines is 2. The Balaban J connectivity index is 2.11. The molecular formula is C13H16N4O2S. The standard InChI is InChI=1S/C13H16N4O2S/c1-3-17-10-11(9-15-17)8-14-12-6-4-5-7-13(12)16-20(2,18)19/h3-7,9-10,14,16H,1,8H2,2H3. The number of para-hydroxylation sites is 2. The van der Waals surface area contributed by atoms with Gasteiger partial charge in [0, 0.05) is 24.5 Å². The number of nitrogens with one attached hydrogen (secondary N) is 2. The largest absolute Gasteiger partial charge is 0.379 e. The smallest absolute Gasteiger partial charge is 0.229 e. The molecule has 2 aromatic rings. The van der Waals surface area contributed by atoms with Crippen LogP contribution in [0.4, 0.5) is 11.4 Å². The zero-order valence-electron chi connectivity index (χ0n) is 11.1. The van der Waals surface area contributed by atoms with Crippen molar-refractivity contribution < 1.29 is 8.42 Å². The molecule has 0 spiro atoms. The summed E-state index contributed by atoms with van der Waals surface area (Å²) in [7, 11) is -3.30. The molecule has 6 nitrogen and oxygen atoms in total. The Hall–Kier alpha value is -2.28. The summed E-state index contributed by atoms with van der Waals surface area (Å²) in [5.41, 5.74) is 2.20. The molecule has 1 aromatic heterocycles. The van der Waals surface area contributed by atoms with Gasteiger partial charge in [-0.2, -0.15) is 5.10 Å². The first kappa shape index (κ1) is 14.1. The van der Waals surface area contributed by atoms with E-state index in [-0.39, 0.29) is 0 Å². The first-order chi connectivity index (χ1) is 9.48. The van der Waals surface area contributed by atoms with E-state index in [2.05, 4.69) is 21.7 Å². The number of aromatic nitrogens is 2. The maximum Gasteiger partial charge on any atom is 0.229 e. The Morgan fingerprint density at radius 1 is 1.35 bits per heavy atom. The predicted molar refractivity (Wildman–Crippen MR) is 80.8 cm³/mol. The molecule has 7 heteroatoms. The fourth-order valence-corrected chi connectivity index (χ4v) is 2.27. The third kappa shape index (κ3) is 3.86. The maximum atomic E-state index is 11.3. The number of sulfonamides is 1. The molecule has 0 unspecified atom stereocenters. The normalized spacial score (nSPS) is 11.1. The summed E-state index contributed by atoms with van der Waals surface area (Å²) in [5.74, 6) is 0. The maximum absolute atomic E-state index is 11.3. The summed E-state index contributed by atoms with van der Waals surface area (Å²) in [4.78, 5) is 0. The van der Waals surface area contributed by atoms with Crippen molar-refractivity contribution in [2.45, 2.75) is 6.54 Å². The monoisotopic (exact) mass is 292 g/mol. The average molecular weight is 292 g/mol. The Labute approximate surface area is 118 Å². The summed E-state index contributed by atoms with van der Waals surface area (Å²) in [6.45, 7) is 4.16. The zero-order valence-corrected chi connectivity index (χ0v) is 11.9. The second kappa shape index (κ2) is 5.79. The van der Waals surface area contributed by atoms with Gasteiger partial charge in [0.25, 0.3) is 0 Å². The molecule has 0 bridgehead atoms. The number of rotatable bonds is 6. The van der Waals surface area contributed by atoms with E-state index in [0.717, 1.165) is 11.8 Å². The molecule has 2 N–H and O–H groups in total. The summed E-state index contributed by atoms with van der Waals surface area (Å²) < 4.78 is 26.7. The van der Waals surface area contributed by atoms with Gasteiger partial charge < -0.3 is 5.32 Å². The highest BCUT2D eigenvalue weighted by atomic mass is 32.2. The van der Waals surface area contributed by atoms with Gasteiger partial charge >= 0.3 is 0 Å². The summed E-state index contributed by atoms with van der Waals surface area (Å²) in [5, 5.41) is 7.25. The van der Waals surface area contributed by atoms with Crippen molar-refractivity contribution in [3.63, 3.8) is 0 Å². The van der Waals surface area contributed by atoms with Crippen LogP contribution in [0.2, 0.25) is 0 Å². The minimum Gasteiger partial charge on any atom is -0.379 e. The lowest BCUT2D eigenvalue weighted by molar-refractivity contribution is 0.607. The van der Waals surface area contributed by atoms with Crippen molar-refractivity contribution in [2.75, 3.05) is 16.3 Å². The molecule has 0 atom stereocenters. The Bertz CT molecular complexity index is 707. The van der Waals surface area contributed by atoms with Crippen LogP contribution in [0.5, 0.6) is 0 Å². The molecule has 0 aliphatic carbocycles. The van der Waals surface area contributed by atoms with Crippen molar-refractivity contribution in [1.29, 1.82) is 0 Å². The van der Waals surface area contributed by atoms with Crippen molar-refractivity contribution >= 4 is 27.6 Å². The van der Waals surface area contributed by atoms with Crippen LogP contribution in [-0.2, 0) is 16.6 Å². The van der Waals surface area contributed by atoms with Crippen LogP contribution in [0.3, 0.4) is 0 Å². The third-order valence-corrected chi connectivity index (χ3v) is 3.14. The van der Waals surface area contributed by atoms with Crippen LogP contribution in [0.25, 0.3) is 6.20 Å². The SMILES string of the molecule is C=Cn1cc(CNc2ccccc2NS(C)(=O)=O)cn1. The second-order valence-electron chi connectivity index (χ2n) is 4.28. The number of hydrogen-bond acceptors (Lipinski definition) is 4. The van der Waals surface area contributed by atoms with Crippen LogP contribution in [0.1, 0.15) is 5.56 Å². The van der Waals surface area contributed by atoms with Gasteiger partial charge in [-0.1, -0.05) is 18.7 Å². The van der Waals surface area contributed by atoms with E-state index in [1.165, 1.54) is 0 Å². The van der Waals surface area contributed by atoms with Gasteiger partial charge in [0.05, 0.1) is 23.8 Å². The molecular weight excluding hydrogens is 276 g/mol. The van der Waals surface area contributed by atoms with Gasteiger partial charge in [-0.25, -0.2) is 13.1 Å². The van der Waals surface area contributed by atoms with Crippen LogP contribution in [-0.4, -0.2) is 24.5 Å². The van der Waals surface area contributed by atoms with Crippen LogP contribution in [0.15, 0.2) is 43.2 Å². The topological polar surface area (TPSA) is 76.0 Å². The molecule has 20 heavy (non-hydrogen) atoms. The summed E-state index contributed by atoms with van der Waals surface area (Å²) in [6, 6.07) is 7.12. The second-order valence-corrected chi connectivity index (χ2v) is 6.03. The Morgan fingerprint density at radius 2 is 2.05 bits per heavy atom. The molecule has 0 radical (unpaired) electrons. The van der Waals surface area contributed by atoms with E-state index >= 15 is 0 Å². The van der Waals surface area contributed by atoms with Gasteiger partial charge in [0.15, 0.2) is 0 Å². The predicted octanol–water partition coefficient (Wildman–Crippen LogP) is 1.97. The van der Waals surface area contributed by atoms with E-state index in [4.69, 9.17) is 0 Å². The van der Waals surface area contributed by atoms with Gasteiger partial charge in [-0.3, -0.25) is 4.72 Å². The lowest BCUT2D eigenvalue weighted by Gasteiger charge is -2.11. The molecule has 0 fully saturated rings. The van der Waals surface area contributed by atoms with E-state index in [1.807, 2.05) is 18.3 Å². The molecule has 0 aliphatic heterocycles. The highest BCUT2D eigenvalue weighted by Crippen LogP contribution is 2.22. The number of nitrogens with zero attached hydrogens (tertiary/aromatic N) is 2. The highest BCUT2D eigenvalue weighted by Gasteiger charge is 2.07. The van der Waals surface area contributed by atoms with Crippen molar-refractivity contribution in [1.82, 2.24) is 9.78 Å². The minimum atomic E-state index is -3.30. The first-order valence-electron chi connectivity index (χ1n) is 5.94. The molecule has 1 heterocycles. The van der Waals surface area contributed by atoms with Crippen molar-refractivity contribution in [3.05, 3.63) is 48.8 Å². The summed E-state index contributed by atoms with van der Waals surface area (Å²) >= 11 is 0. The van der Waals surface area contributed by atoms with E-state index in [0.29, 0.717) is 17.9 Å². The van der Waals surface area contributed by atoms with Crippen LogP contribution < -0.4 is 10.0 Å². The van der Waals surface area contributed by atoms with E-state index in [1.54, 1.807) is 29.2 Å². The molecule has 106 valence electrons. The van der Waals surface area contributed by atoms with E-state index in [9.17, 15) is 8.42 Å². The quantitative estimate of drug-likeness (QED) is 0.853. The van der Waals surface area contributed by atoms with Crippen LogP contribution in [0, 0.1) is 0 Å². The highest BCUT2D eigenvalue weighted by molar-refractivity contribution is 7.92. The van der Waals surface area contributed by atoms with Gasteiger partial charge in [0.2, 0.25) is 10.0 Å². The fourth-order valence-electron chi connectivity index (χ4n) is 1.69. The molecule has 0 saturated carbocycles. The Morgan fingerprint density at radius 3 is 2.65 bits per heavy atom. The van der Waals surface area contributed by atoms with Crippen LogP contribution >= 0.6 is 0 Å². The summed E-state index contributed by atoms with van der Waals surface area (Å²) in [6.07, 6.45) is 6.29. The average Bonchev–Trinajstić information content (AvgIpc) is 2.84. The Kier molecular flexibility index (Phi) is 4.09. The zero-order chi connectivity index (χ0) is 14.6. The fraction of sp³-hybridized carbons (Fsp3) is 0.154.